The number of imide groups is 1. The van der Waals surface area contributed by atoms with Gasteiger partial charge in [-0.05, 0) is 13.0 Å². The average molecular weight is 226 g/mol. The molecule has 2 rings (SSSR count). The Bertz CT molecular complexity index is 355. The Morgan fingerprint density at radius 3 is 2.56 bits per heavy atom. The van der Waals surface area contributed by atoms with Crippen LogP contribution in [-0.4, -0.2) is 58.9 Å². The molecule has 6 nitrogen and oxygen atoms in total. The number of rotatable bonds is 2. The highest BCUT2D eigenvalue weighted by Gasteiger charge is 2.43. The van der Waals surface area contributed by atoms with Crippen molar-refractivity contribution >= 4 is 17.8 Å². The van der Waals surface area contributed by atoms with E-state index in [1.165, 1.54) is 7.05 Å². The number of nitrogens with zero attached hydrogens (tertiary/aromatic N) is 2. The summed E-state index contributed by atoms with van der Waals surface area (Å²) in [6.45, 7) is 0.946. The molecule has 0 radical (unpaired) electrons. The quantitative estimate of drug-likeness (QED) is 0.620. The molecule has 2 fully saturated rings. The maximum Gasteiger partial charge on any atom is 0.307 e. The predicted molar refractivity (Wildman–Crippen MR) is 53.5 cm³/mol. The van der Waals surface area contributed by atoms with Gasteiger partial charge in [0.2, 0.25) is 11.8 Å². The van der Waals surface area contributed by atoms with Crippen LogP contribution in [0.25, 0.3) is 0 Å². The molecule has 2 heterocycles. The van der Waals surface area contributed by atoms with E-state index in [2.05, 4.69) is 0 Å². The van der Waals surface area contributed by atoms with Gasteiger partial charge < -0.3 is 5.11 Å². The summed E-state index contributed by atoms with van der Waals surface area (Å²) in [5.74, 6) is -1.63. The summed E-state index contributed by atoms with van der Waals surface area (Å²) in [5, 5.41) is 8.85. The first-order valence-electron chi connectivity index (χ1n) is 5.28. The third kappa shape index (κ3) is 1.69. The van der Waals surface area contributed by atoms with E-state index in [-0.39, 0.29) is 18.2 Å². The number of likely N-dealkylation sites (N-methyl/N-ethyl adjacent to an activating group) is 1. The second kappa shape index (κ2) is 3.86. The molecule has 0 spiro atoms. The molecule has 88 valence electrons. The number of carboxylic acid groups (broad SMARTS) is 1. The molecule has 0 aliphatic carbocycles. The molecule has 0 aromatic carbocycles. The lowest BCUT2D eigenvalue weighted by molar-refractivity contribution is -0.142. The Morgan fingerprint density at radius 1 is 1.44 bits per heavy atom. The van der Waals surface area contributed by atoms with Crippen LogP contribution < -0.4 is 0 Å². The van der Waals surface area contributed by atoms with Gasteiger partial charge >= 0.3 is 5.97 Å². The molecular formula is C10H14N2O4. The van der Waals surface area contributed by atoms with Crippen LogP contribution in [0.4, 0.5) is 0 Å². The van der Waals surface area contributed by atoms with Gasteiger partial charge in [0.25, 0.3) is 0 Å². The van der Waals surface area contributed by atoms with Crippen molar-refractivity contribution in [2.24, 2.45) is 5.92 Å². The lowest BCUT2D eigenvalue weighted by atomic mass is 10.1. The Hall–Kier alpha value is -1.43. The lowest BCUT2D eigenvalue weighted by Gasteiger charge is -2.20. The molecule has 1 N–H and O–H groups in total. The highest BCUT2D eigenvalue weighted by molar-refractivity contribution is 6.05. The summed E-state index contributed by atoms with van der Waals surface area (Å²) in [5.41, 5.74) is 0. The van der Waals surface area contributed by atoms with Crippen LogP contribution in [0.5, 0.6) is 0 Å². The average Bonchev–Trinajstić information content (AvgIpc) is 2.79. The molecule has 0 aromatic rings. The van der Waals surface area contributed by atoms with Crippen LogP contribution in [-0.2, 0) is 14.4 Å². The monoisotopic (exact) mass is 226 g/mol. The first kappa shape index (κ1) is 11.1. The molecule has 2 amide bonds. The summed E-state index contributed by atoms with van der Waals surface area (Å²) in [6, 6.07) is -0.443. The standard InChI is InChI=1S/C10H14N2O4/c1-11-8(13)4-7(9(11)14)12-3-2-6(5-12)10(15)16/h6-7H,2-5H2,1H3,(H,15,16). The molecule has 2 aliphatic heterocycles. The summed E-state index contributed by atoms with van der Waals surface area (Å²) in [6.07, 6.45) is 0.735. The summed E-state index contributed by atoms with van der Waals surface area (Å²) < 4.78 is 0. The van der Waals surface area contributed by atoms with Crippen molar-refractivity contribution in [3.63, 3.8) is 0 Å². The maximum absolute atomic E-state index is 11.7. The first-order valence-corrected chi connectivity index (χ1v) is 5.28. The fourth-order valence-corrected chi connectivity index (χ4v) is 2.29. The zero-order chi connectivity index (χ0) is 11.9. The van der Waals surface area contributed by atoms with Gasteiger partial charge in [-0.1, -0.05) is 0 Å². The van der Waals surface area contributed by atoms with E-state index < -0.39 is 17.9 Å². The van der Waals surface area contributed by atoms with Gasteiger partial charge in [0, 0.05) is 13.6 Å². The van der Waals surface area contributed by atoms with Crippen LogP contribution in [0.1, 0.15) is 12.8 Å². The van der Waals surface area contributed by atoms with E-state index in [1.807, 2.05) is 4.90 Å². The van der Waals surface area contributed by atoms with E-state index >= 15 is 0 Å². The summed E-state index contributed by atoms with van der Waals surface area (Å²) >= 11 is 0. The Labute approximate surface area is 92.8 Å². The molecule has 0 bridgehead atoms. The molecule has 16 heavy (non-hydrogen) atoms. The number of carboxylic acids is 1. The van der Waals surface area contributed by atoms with E-state index in [0.29, 0.717) is 19.5 Å². The fraction of sp³-hybridized carbons (Fsp3) is 0.700. The van der Waals surface area contributed by atoms with Gasteiger partial charge in [0.1, 0.15) is 0 Å². The van der Waals surface area contributed by atoms with Crippen molar-refractivity contribution in [2.75, 3.05) is 20.1 Å². The zero-order valence-electron chi connectivity index (χ0n) is 9.05. The molecular weight excluding hydrogens is 212 g/mol. The fourth-order valence-electron chi connectivity index (χ4n) is 2.29. The van der Waals surface area contributed by atoms with Gasteiger partial charge in [0.05, 0.1) is 18.4 Å². The smallest absolute Gasteiger partial charge is 0.307 e. The number of hydrogen-bond donors (Lipinski definition) is 1. The minimum Gasteiger partial charge on any atom is -0.481 e. The van der Waals surface area contributed by atoms with Crippen LogP contribution >= 0.6 is 0 Å². The second-order valence-electron chi connectivity index (χ2n) is 4.33. The predicted octanol–water partition coefficient (Wildman–Crippen LogP) is -0.850. The highest BCUT2D eigenvalue weighted by Crippen LogP contribution is 2.24. The molecule has 6 heteroatoms. The summed E-state index contributed by atoms with van der Waals surface area (Å²) in [7, 11) is 1.47. The summed E-state index contributed by atoms with van der Waals surface area (Å²) in [4.78, 5) is 36.7. The maximum atomic E-state index is 11.7. The van der Waals surface area contributed by atoms with Crippen molar-refractivity contribution in [1.82, 2.24) is 9.80 Å². The van der Waals surface area contributed by atoms with E-state index in [1.54, 1.807) is 0 Å². The first-order chi connectivity index (χ1) is 7.50. The largest absolute Gasteiger partial charge is 0.481 e. The highest BCUT2D eigenvalue weighted by atomic mass is 16.4. The normalized spacial score (nSPS) is 31.4. The topological polar surface area (TPSA) is 77.9 Å². The minimum atomic E-state index is -0.826. The van der Waals surface area contributed by atoms with E-state index in [9.17, 15) is 14.4 Å². The Morgan fingerprint density at radius 2 is 2.12 bits per heavy atom. The van der Waals surface area contributed by atoms with Crippen LogP contribution in [0.15, 0.2) is 0 Å². The molecule has 2 aliphatic rings. The second-order valence-corrected chi connectivity index (χ2v) is 4.33. The van der Waals surface area contributed by atoms with Gasteiger partial charge in [0.15, 0.2) is 0 Å². The van der Waals surface area contributed by atoms with Crippen molar-refractivity contribution < 1.29 is 19.5 Å². The van der Waals surface area contributed by atoms with Crippen LogP contribution in [0, 0.1) is 5.92 Å². The van der Waals surface area contributed by atoms with Gasteiger partial charge in [-0.15, -0.1) is 0 Å². The SMILES string of the molecule is CN1C(=O)CC(N2CCC(C(=O)O)C2)C1=O. The van der Waals surface area contributed by atoms with Crippen molar-refractivity contribution in [2.45, 2.75) is 18.9 Å². The van der Waals surface area contributed by atoms with Crippen molar-refractivity contribution in [3.05, 3.63) is 0 Å². The van der Waals surface area contributed by atoms with E-state index in [0.717, 1.165) is 4.90 Å². The third-order valence-electron chi connectivity index (χ3n) is 3.37. The lowest BCUT2D eigenvalue weighted by Crippen LogP contribution is -2.40. The van der Waals surface area contributed by atoms with Crippen LogP contribution in [0.3, 0.4) is 0 Å². The number of aliphatic carboxylic acids is 1. The van der Waals surface area contributed by atoms with Crippen molar-refractivity contribution in [1.29, 1.82) is 0 Å². The number of carbonyl (C=O) groups is 3. The Balaban J connectivity index is 2.03. The third-order valence-corrected chi connectivity index (χ3v) is 3.37. The number of amides is 2. The van der Waals surface area contributed by atoms with Gasteiger partial charge in [-0.2, -0.15) is 0 Å². The van der Waals surface area contributed by atoms with Crippen LogP contribution in [0.2, 0.25) is 0 Å². The van der Waals surface area contributed by atoms with Gasteiger partial charge in [-0.25, -0.2) is 0 Å². The molecule has 2 atom stereocenters. The molecule has 2 saturated heterocycles. The Kier molecular flexibility index (Phi) is 2.67. The number of hydrogen-bond acceptors (Lipinski definition) is 4. The molecule has 0 aromatic heterocycles. The van der Waals surface area contributed by atoms with E-state index in [4.69, 9.17) is 5.11 Å². The van der Waals surface area contributed by atoms with Crippen molar-refractivity contribution in [3.8, 4) is 0 Å². The molecule has 2 unspecified atom stereocenters. The minimum absolute atomic E-state index is 0.182. The number of carbonyl (C=O) groups excluding carboxylic acids is 2. The van der Waals surface area contributed by atoms with Gasteiger partial charge in [-0.3, -0.25) is 24.2 Å². The zero-order valence-corrected chi connectivity index (χ0v) is 9.05. The molecule has 0 saturated carbocycles. The number of likely N-dealkylation sites (tertiary alicyclic amines) is 2.